The molecule has 2 amide bonds. The van der Waals surface area contributed by atoms with Crippen LogP contribution in [0.2, 0.25) is 5.02 Å². The Morgan fingerprint density at radius 3 is 2.43 bits per heavy atom. The van der Waals surface area contributed by atoms with Crippen LogP contribution in [0, 0.1) is 6.92 Å². The van der Waals surface area contributed by atoms with Crippen molar-refractivity contribution in [1.82, 2.24) is 34.0 Å². The molecular weight excluding hydrogens is 747 g/mol. The van der Waals surface area contributed by atoms with Gasteiger partial charge in [0.2, 0.25) is 11.7 Å². The summed E-state index contributed by atoms with van der Waals surface area (Å²) in [5.74, 6) is -1.72. The largest absolute Gasteiger partial charge is 0.504 e. The third-order valence-electron chi connectivity index (χ3n) is 11.6. The van der Waals surface area contributed by atoms with Crippen LogP contribution in [-0.2, 0) is 28.7 Å². The number of nitrogens with zero attached hydrogens (tertiary/aromatic N) is 8. The van der Waals surface area contributed by atoms with E-state index in [1.54, 1.807) is 16.4 Å². The van der Waals surface area contributed by atoms with E-state index in [0.29, 0.717) is 25.3 Å². The number of hydrogen-bond acceptors (Lipinski definition) is 10. The summed E-state index contributed by atoms with van der Waals surface area (Å²) in [7, 11) is 13.3. The first-order valence-electron chi connectivity index (χ1n) is 18.2. The second-order valence-electron chi connectivity index (χ2n) is 15.6. The van der Waals surface area contributed by atoms with Crippen LogP contribution in [0.15, 0.2) is 35.4 Å². The van der Waals surface area contributed by atoms with Crippen molar-refractivity contribution in [2.75, 3.05) is 23.4 Å². The van der Waals surface area contributed by atoms with Gasteiger partial charge in [0.1, 0.15) is 73.5 Å². The molecule has 0 aliphatic carbocycles. The first-order chi connectivity index (χ1) is 26.0. The summed E-state index contributed by atoms with van der Waals surface area (Å²) in [5.41, 5.74) is 0.0265. The number of fused-ring (bicyclic) bond motifs is 1. The van der Waals surface area contributed by atoms with Gasteiger partial charge in [-0.05, 0) is 59.6 Å². The van der Waals surface area contributed by atoms with Crippen LogP contribution in [0.1, 0.15) is 46.6 Å². The minimum atomic E-state index is -4.63. The number of alkyl halides is 3. The van der Waals surface area contributed by atoms with Crippen molar-refractivity contribution in [3.8, 4) is 5.75 Å². The zero-order valence-electron chi connectivity index (χ0n) is 32.7. The van der Waals surface area contributed by atoms with Crippen LogP contribution < -0.4 is 15.8 Å². The van der Waals surface area contributed by atoms with Crippen molar-refractivity contribution < 1.29 is 32.6 Å². The van der Waals surface area contributed by atoms with Crippen molar-refractivity contribution in [1.29, 1.82) is 0 Å². The summed E-state index contributed by atoms with van der Waals surface area (Å²) in [5, 5.41) is 14.8. The molecule has 1 atom stereocenters. The molecule has 1 fully saturated rings. The number of rotatable bonds is 7. The first-order valence-corrected chi connectivity index (χ1v) is 18.5. The predicted molar refractivity (Wildman–Crippen MR) is 224 cm³/mol. The molecule has 2 aliphatic heterocycles. The van der Waals surface area contributed by atoms with E-state index in [0.717, 1.165) is 23.8 Å². The molecule has 0 saturated carbocycles. The number of aromatic hydroxyl groups is 1. The van der Waals surface area contributed by atoms with Crippen molar-refractivity contribution in [3.63, 3.8) is 0 Å². The Kier molecular flexibility index (Phi) is 10.6. The van der Waals surface area contributed by atoms with E-state index >= 15 is 4.79 Å². The number of hydrogen-bond donors (Lipinski definition) is 2. The van der Waals surface area contributed by atoms with E-state index in [9.17, 15) is 27.9 Å². The lowest BCUT2D eigenvalue weighted by Crippen LogP contribution is -2.89. The van der Waals surface area contributed by atoms with E-state index in [4.69, 9.17) is 21.3 Å². The number of carbonyl (C=O) groups excluding carboxylic acids is 2. The summed E-state index contributed by atoms with van der Waals surface area (Å²) in [6.07, 6.45) is -0.842. The SMILES string of the molecule is BC1N(C(=O)c2ncnc(C)c2O)C(B)(B)C(B)(B)N(c2c(CC)n(CC(=O)Nc3ccc(C(F)(F)F)cc3Cl)c3nc(C4=CCOCC4)nn3c2=O)C1(B)B. The highest BCUT2D eigenvalue weighted by Gasteiger charge is 2.60. The third kappa shape index (κ3) is 6.71. The zero-order chi connectivity index (χ0) is 41.3. The number of amides is 2. The minimum absolute atomic E-state index is 0.0296. The van der Waals surface area contributed by atoms with Gasteiger partial charge >= 0.3 is 6.18 Å². The number of carbonyl (C=O) groups is 2. The molecule has 4 aromatic rings. The fourth-order valence-electron chi connectivity index (χ4n) is 7.84. The zero-order valence-corrected chi connectivity index (χ0v) is 33.4. The molecule has 1 saturated heterocycles. The van der Waals surface area contributed by atoms with Crippen molar-refractivity contribution in [2.24, 2.45) is 0 Å². The van der Waals surface area contributed by atoms with Crippen LogP contribution in [0.25, 0.3) is 11.4 Å². The number of anilines is 2. The lowest BCUT2D eigenvalue weighted by molar-refractivity contribution is -0.137. The maximum atomic E-state index is 15.0. The Bertz CT molecular complexity index is 2360. The number of aryl methyl sites for hydroxylation is 1. The maximum Gasteiger partial charge on any atom is 0.416 e. The molecule has 286 valence electrons. The predicted octanol–water partition coefficient (Wildman–Crippen LogP) is -3.95. The average Bonchev–Trinajstić information content (AvgIpc) is 3.57. The topological polar surface area (TPSA) is 160 Å². The van der Waals surface area contributed by atoms with Crippen molar-refractivity contribution in [3.05, 3.63) is 74.4 Å². The van der Waals surface area contributed by atoms with E-state index in [1.165, 1.54) is 10.8 Å². The van der Waals surface area contributed by atoms with Crippen LogP contribution in [0.4, 0.5) is 24.5 Å². The van der Waals surface area contributed by atoms with Gasteiger partial charge < -0.3 is 29.5 Å². The van der Waals surface area contributed by atoms with Gasteiger partial charge in [0.15, 0.2) is 17.3 Å². The van der Waals surface area contributed by atoms with Crippen molar-refractivity contribution >= 4 is 101 Å². The Morgan fingerprint density at radius 1 is 1.12 bits per heavy atom. The molecule has 0 bridgehead atoms. The molecular formula is C31H38B7ClF3N9O5. The van der Waals surface area contributed by atoms with Crippen LogP contribution in [0.3, 0.4) is 0 Å². The van der Waals surface area contributed by atoms with E-state index in [-0.39, 0.29) is 51.6 Å². The molecule has 3 aromatic heterocycles. The van der Waals surface area contributed by atoms with E-state index in [2.05, 4.69) is 20.4 Å². The molecule has 2 aliphatic rings. The van der Waals surface area contributed by atoms with Gasteiger partial charge in [-0.1, -0.05) is 24.6 Å². The summed E-state index contributed by atoms with van der Waals surface area (Å²) in [4.78, 5) is 59.9. The normalized spacial score (nSPS) is 19.1. The summed E-state index contributed by atoms with van der Waals surface area (Å²) in [6, 6.07) is 2.65. The number of benzene rings is 1. The smallest absolute Gasteiger partial charge is 0.416 e. The number of ether oxygens (including phenoxy) is 1. The van der Waals surface area contributed by atoms with Gasteiger partial charge in [-0.3, -0.25) is 14.4 Å². The molecule has 56 heavy (non-hydrogen) atoms. The average molecular weight is 785 g/mol. The first kappa shape index (κ1) is 41.1. The number of aromatic nitrogens is 6. The standard InChI is InChI=1S/C31H38B7ClF3N9O5/c1-3-18-21(51-28(33,34)26(32)49(30(35,36)31(51,37)38)24(54)20-22(53)13(2)43-12-44-20)25(55)50-27(46-23(47-50)14-6-8-56-9-7-14)48(18)11-19(52)45-17-5-4-15(10-16(17)39)29(40,41)42/h4-6,10,12,26,53H,3,7-9,11,32-38H2,1-2H3,(H,45,52). The molecule has 14 nitrogen and oxygen atoms in total. The highest BCUT2D eigenvalue weighted by Crippen LogP contribution is 2.43. The van der Waals surface area contributed by atoms with Crippen LogP contribution in [0.5, 0.6) is 5.75 Å². The highest BCUT2D eigenvalue weighted by atomic mass is 35.5. The quantitative estimate of drug-likeness (QED) is 0.177. The number of halogens is 4. The Labute approximate surface area is 331 Å². The molecule has 1 aromatic carbocycles. The van der Waals surface area contributed by atoms with Crippen molar-refractivity contribution in [2.45, 2.75) is 61.4 Å². The molecule has 25 heteroatoms. The minimum Gasteiger partial charge on any atom is -0.504 e. The monoisotopic (exact) mass is 785 g/mol. The Morgan fingerprint density at radius 2 is 1.82 bits per heavy atom. The molecule has 0 spiro atoms. The van der Waals surface area contributed by atoms with Gasteiger partial charge in [-0.15, -0.1) is 5.10 Å². The fraction of sp³-hybridized carbons (Fsp3) is 0.387. The Hall–Kier alpha value is -4.58. The van der Waals surface area contributed by atoms with Gasteiger partial charge in [0, 0.05) is 5.94 Å². The Balaban J connectivity index is 1.53. The van der Waals surface area contributed by atoms with E-state index in [1.807, 2.05) is 72.8 Å². The third-order valence-corrected chi connectivity index (χ3v) is 11.9. The van der Waals surface area contributed by atoms with Crippen LogP contribution in [-0.4, -0.2) is 141 Å². The molecule has 0 radical (unpaired) electrons. The molecule has 5 heterocycles. The fourth-order valence-corrected chi connectivity index (χ4v) is 8.07. The maximum absolute atomic E-state index is 15.0. The van der Waals surface area contributed by atoms with Gasteiger partial charge in [-0.2, -0.15) is 22.7 Å². The summed E-state index contributed by atoms with van der Waals surface area (Å²) >= 11 is 6.20. The number of nitrogens with one attached hydrogen (secondary N) is 1. The molecule has 1 unspecified atom stereocenters. The lowest BCUT2D eigenvalue weighted by Gasteiger charge is -2.70. The van der Waals surface area contributed by atoms with Crippen LogP contribution >= 0.6 is 11.6 Å². The lowest BCUT2D eigenvalue weighted by atomic mass is 9.31. The second-order valence-corrected chi connectivity index (χ2v) is 16.0. The van der Waals surface area contributed by atoms with Gasteiger partial charge in [0.05, 0.1) is 40.9 Å². The highest BCUT2D eigenvalue weighted by molar-refractivity contribution is 6.59. The second kappa shape index (κ2) is 14.4. The summed E-state index contributed by atoms with van der Waals surface area (Å²) < 4.78 is 48.3. The molecule has 6 rings (SSSR count). The van der Waals surface area contributed by atoms with Gasteiger partial charge in [0.25, 0.3) is 11.5 Å². The number of piperazine rings is 1. The van der Waals surface area contributed by atoms with E-state index < -0.39 is 57.6 Å². The van der Waals surface area contributed by atoms with Gasteiger partial charge in [-0.25, -0.2) is 9.97 Å². The molecule has 2 N–H and O–H groups in total. The summed E-state index contributed by atoms with van der Waals surface area (Å²) in [6.45, 7) is 3.76.